The van der Waals surface area contributed by atoms with E-state index in [9.17, 15) is 4.79 Å². The Morgan fingerprint density at radius 2 is 2.50 bits per heavy atom. The first-order valence-electron chi connectivity index (χ1n) is 4.88. The Bertz CT molecular complexity index is 369. The number of hydrogen-bond donors (Lipinski definition) is 2. The molecule has 0 spiro atoms. The third-order valence-electron chi connectivity index (χ3n) is 2.43. The number of nitrogens with one attached hydrogen (secondary N) is 1. The number of nitrogens with two attached hydrogens (primary N) is 1. The van der Waals surface area contributed by atoms with Gasteiger partial charge in [0.2, 0.25) is 0 Å². The van der Waals surface area contributed by atoms with Crippen molar-refractivity contribution in [2.45, 2.75) is 26.2 Å². The van der Waals surface area contributed by atoms with Crippen LogP contribution in [0.25, 0.3) is 0 Å². The highest BCUT2D eigenvalue weighted by Gasteiger charge is 2.23. The highest BCUT2D eigenvalue weighted by Crippen LogP contribution is 2.26. The van der Waals surface area contributed by atoms with Crippen LogP contribution < -0.4 is 11.1 Å². The Labute approximate surface area is 82.3 Å². The standard InChI is InChI=1S/C9H14N4O/c1-2-3-7-6-4-5-11-8(6)13(12-7)9(10)14/h11H,2-5H2,1H3,(H2,10,14). The lowest BCUT2D eigenvalue weighted by atomic mass is 10.1. The van der Waals surface area contributed by atoms with Gasteiger partial charge in [0.05, 0.1) is 5.69 Å². The van der Waals surface area contributed by atoms with Crippen LogP contribution in [-0.2, 0) is 12.8 Å². The van der Waals surface area contributed by atoms with Crippen molar-refractivity contribution in [2.24, 2.45) is 5.73 Å². The third-order valence-corrected chi connectivity index (χ3v) is 2.43. The van der Waals surface area contributed by atoms with Crippen molar-refractivity contribution in [3.63, 3.8) is 0 Å². The lowest BCUT2D eigenvalue weighted by Crippen LogP contribution is -2.22. The Hall–Kier alpha value is -1.52. The zero-order valence-corrected chi connectivity index (χ0v) is 8.21. The van der Waals surface area contributed by atoms with Crippen LogP contribution in [0.15, 0.2) is 0 Å². The molecule has 1 aromatic heterocycles. The molecular formula is C9H14N4O. The fourth-order valence-corrected chi connectivity index (χ4v) is 1.84. The summed E-state index contributed by atoms with van der Waals surface area (Å²) in [4.78, 5) is 11.1. The normalized spacial score (nSPS) is 13.8. The number of nitrogens with zero attached hydrogens (tertiary/aromatic N) is 2. The minimum Gasteiger partial charge on any atom is -0.369 e. The molecule has 1 aromatic rings. The van der Waals surface area contributed by atoms with E-state index in [0.29, 0.717) is 0 Å². The molecular weight excluding hydrogens is 180 g/mol. The van der Waals surface area contributed by atoms with Gasteiger partial charge in [-0.15, -0.1) is 0 Å². The summed E-state index contributed by atoms with van der Waals surface area (Å²) >= 11 is 0. The molecule has 1 aliphatic heterocycles. The molecule has 2 rings (SSSR count). The molecule has 0 aromatic carbocycles. The molecule has 5 nitrogen and oxygen atoms in total. The van der Waals surface area contributed by atoms with E-state index < -0.39 is 6.03 Å². The van der Waals surface area contributed by atoms with E-state index >= 15 is 0 Å². The Kier molecular flexibility index (Phi) is 2.15. The average Bonchev–Trinajstić information content (AvgIpc) is 2.67. The van der Waals surface area contributed by atoms with Crippen molar-refractivity contribution >= 4 is 11.8 Å². The number of anilines is 1. The molecule has 0 saturated heterocycles. The summed E-state index contributed by atoms with van der Waals surface area (Å²) < 4.78 is 1.27. The molecule has 0 aliphatic carbocycles. The van der Waals surface area contributed by atoms with Gasteiger partial charge in [-0.2, -0.15) is 9.78 Å². The topological polar surface area (TPSA) is 72.9 Å². The highest BCUT2D eigenvalue weighted by molar-refractivity contribution is 5.79. The van der Waals surface area contributed by atoms with Gasteiger partial charge in [-0.25, -0.2) is 4.79 Å². The maximum absolute atomic E-state index is 11.1. The monoisotopic (exact) mass is 194 g/mol. The number of rotatable bonds is 2. The van der Waals surface area contributed by atoms with Crippen LogP contribution in [0.5, 0.6) is 0 Å². The van der Waals surface area contributed by atoms with Gasteiger partial charge < -0.3 is 11.1 Å². The van der Waals surface area contributed by atoms with Crippen molar-refractivity contribution in [3.8, 4) is 0 Å². The number of amides is 1. The number of aromatic nitrogens is 2. The summed E-state index contributed by atoms with van der Waals surface area (Å²) in [6.07, 6.45) is 2.88. The van der Waals surface area contributed by atoms with Gasteiger partial charge in [-0.05, 0) is 12.8 Å². The summed E-state index contributed by atoms with van der Waals surface area (Å²) in [6.45, 7) is 2.97. The van der Waals surface area contributed by atoms with Crippen molar-refractivity contribution in [2.75, 3.05) is 11.9 Å². The first-order chi connectivity index (χ1) is 6.74. The Balaban J connectivity index is 2.44. The molecule has 0 atom stereocenters. The van der Waals surface area contributed by atoms with E-state index in [1.54, 1.807) is 0 Å². The number of carbonyl (C=O) groups is 1. The quantitative estimate of drug-likeness (QED) is 0.729. The van der Waals surface area contributed by atoms with E-state index in [4.69, 9.17) is 5.73 Å². The number of hydrogen-bond acceptors (Lipinski definition) is 3. The van der Waals surface area contributed by atoms with E-state index in [0.717, 1.165) is 42.9 Å². The van der Waals surface area contributed by atoms with Gasteiger partial charge in [0.15, 0.2) is 0 Å². The van der Waals surface area contributed by atoms with Gasteiger partial charge in [0, 0.05) is 12.1 Å². The fourth-order valence-electron chi connectivity index (χ4n) is 1.84. The molecule has 0 bridgehead atoms. The van der Waals surface area contributed by atoms with Crippen LogP contribution >= 0.6 is 0 Å². The molecule has 2 heterocycles. The van der Waals surface area contributed by atoms with Crippen LogP contribution in [0.4, 0.5) is 10.6 Å². The molecule has 0 unspecified atom stereocenters. The van der Waals surface area contributed by atoms with Crippen molar-refractivity contribution in [1.29, 1.82) is 0 Å². The second-order valence-electron chi connectivity index (χ2n) is 3.45. The lowest BCUT2D eigenvalue weighted by Gasteiger charge is -1.99. The van der Waals surface area contributed by atoms with Gasteiger partial charge in [-0.1, -0.05) is 13.3 Å². The SMILES string of the molecule is CCCc1nn(C(N)=O)c2c1CCN2. The van der Waals surface area contributed by atoms with E-state index in [1.807, 2.05) is 0 Å². The van der Waals surface area contributed by atoms with E-state index in [-0.39, 0.29) is 0 Å². The van der Waals surface area contributed by atoms with Crippen LogP contribution in [0, 0.1) is 0 Å². The maximum atomic E-state index is 11.1. The molecule has 0 radical (unpaired) electrons. The summed E-state index contributed by atoms with van der Waals surface area (Å²) in [6, 6.07) is -0.516. The highest BCUT2D eigenvalue weighted by atomic mass is 16.2. The predicted octanol–water partition coefficient (Wildman–Crippen LogP) is 0.730. The molecule has 1 aliphatic rings. The minimum absolute atomic E-state index is 0.516. The number of primary amides is 1. The summed E-state index contributed by atoms with van der Waals surface area (Å²) in [7, 11) is 0. The number of aryl methyl sites for hydroxylation is 1. The van der Waals surface area contributed by atoms with Crippen molar-refractivity contribution in [1.82, 2.24) is 9.78 Å². The molecule has 0 saturated carbocycles. The van der Waals surface area contributed by atoms with Gasteiger partial charge in [0.25, 0.3) is 0 Å². The van der Waals surface area contributed by atoms with Crippen LogP contribution in [0.3, 0.4) is 0 Å². The molecule has 3 N–H and O–H groups in total. The zero-order chi connectivity index (χ0) is 10.1. The number of fused-ring (bicyclic) bond motifs is 1. The Morgan fingerprint density at radius 1 is 1.71 bits per heavy atom. The summed E-state index contributed by atoms with van der Waals surface area (Å²) in [5, 5.41) is 7.33. The minimum atomic E-state index is -0.516. The fraction of sp³-hybridized carbons (Fsp3) is 0.556. The molecule has 14 heavy (non-hydrogen) atoms. The first-order valence-corrected chi connectivity index (χ1v) is 4.88. The van der Waals surface area contributed by atoms with Crippen LogP contribution in [0.2, 0.25) is 0 Å². The van der Waals surface area contributed by atoms with E-state index in [1.165, 1.54) is 4.68 Å². The van der Waals surface area contributed by atoms with E-state index in [2.05, 4.69) is 17.3 Å². The van der Waals surface area contributed by atoms with Crippen LogP contribution in [-0.4, -0.2) is 22.4 Å². The second kappa shape index (κ2) is 3.32. The molecule has 76 valence electrons. The van der Waals surface area contributed by atoms with Crippen LogP contribution in [0.1, 0.15) is 24.6 Å². The summed E-state index contributed by atoms with van der Waals surface area (Å²) in [5.41, 5.74) is 7.38. The predicted molar refractivity (Wildman–Crippen MR) is 53.4 cm³/mol. The summed E-state index contributed by atoms with van der Waals surface area (Å²) in [5.74, 6) is 0.793. The Morgan fingerprint density at radius 3 is 3.14 bits per heavy atom. The average molecular weight is 194 g/mol. The van der Waals surface area contributed by atoms with Gasteiger partial charge in [0.1, 0.15) is 5.82 Å². The second-order valence-corrected chi connectivity index (χ2v) is 3.45. The van der Waals surface area contributed by atoms with Crippen molar-refractivity contribution < 1.29 is 4.79 Å². The zero-order valence-electron chi connectivity index (χ0n) is 8.21. The lowest BCUT2D eigenvalue weighted by molar-refractivity contribution is 0.248. The maximum Gasteiger partial charge on any atom is 0.341 e. The smallest absolute Gasteiger partial charge is 0.341 e. The van der Waals surface area contributed by atoms with Gasteiger partial charge >= 0.3 is 6.03 Å². The molecule has 1 amide bonds. The first kappa shape index (κ1) is 9.05. The van der Waals surface area contributed by atoms with Gasteiger partial charge in [-0.3, -0.25) is 0 Å². The molecule has 5 heteroatoms. The third kappa shape index (κ3) is 1.25. The van der Waals surface area contributed by atoms with Crippen molar-refractivity contribution in [3.05, 3.63) is 11.3 Å². The number of carbonyl (C=O) groups excluding carboxylic acids is 1. The largest absolute Gasteiger partial charge is 0.369 e. The molecule has 0 fully saturated rings.